The molecule has 1 amide bonds. The fourth-order valence-electron chi connectivity index (χ4n) is 3.53. The third kappa shape index (κ3) is 5.13. The molecule has 31 heavy (non-hydrogen) atoms. The Bertz CT molecular complexity index is 1130. The van der Waals surface area contributed by atoms with E-state index in [1.165, 1.54) is 16.4 Å². The van der Waals surface area contributed by atoms with E-state index in [4.69, 9.17) is 11.6 Å². The summed E-state index contributed by atoms with van der Waals surface area (Å²) in [6.07, 6.45) is 3.45. The molecule has 0 bridgehead atoms. The summed E-state index contributed by atoms with van der Waals surface area (Å²) in [4.78, 5) is 23.3. The second-order valence-electron chi connectivity index (χ2n) is 7.86. The molecule has 1 fully saturated rings. The number of H-pyrrole nitrogens is 1. The summed E-state index contributed by atoms with van der Waals surface area (Å²) >= 11 is 6.33. The van der Waals surface area contributed by atoms with Crippen LogP contribution in [0.25, 0.3) is 17.1 Å². The number of nitrogens with one attached hydrogen (secondary N) is 2. The molecule has 11 heteroatoms. The van der Waals surface area contributed by atoms with Gasteiger partial charge in [0.25, 0.3) is 0 Å². The van der Waals surface area contributed by atoms with Gasteiger partial charge in [0, 0.05) is 25.6 Å². The second kappa shape index (κ2) is 8.68. The van der Waals surface area contributed by atoms with Gasteiger partial charge in [-0.15, -0.1) is 0 Å². The molecule has 2 N–H and O–H groups in total. The van der Waals surface area contributed by atoms with Crippen molar-refractivity contribution in [2.24, 2.45) is 0 Å². The lowest BCUT2D eigenvalue weighted by Gasteiger charge is -2.28. The number of nitrogens with zero attached hydrogens (tertiary/aromatic N) is 3. The molecule has 3 heterocycles. The Labute approximate surface area is 185 Å². The average Bonchev–Trinajstić information content (AvgIpc) is 3.46. The number of amides is 1. The van der Waals surface area contributed by atoms with Gasteiger partial charge in [-0.1, -0.05) is 17.2 Å². The van der Waals surface area contributed by atoms with Crippen LogP contribution in [-0.4, -0.2) is 58.5 Å². The van der Waals surface area contributed by atoms with Crippen molar-refractivity contribution in [3.05, 3.63) is 40.6 Å². The Kier molecular flexibility index (Phi) is 6.14. The fraction of sp³-hybridized carbons (Fsp3) is 0.450. The minimum absolute atomic E-state index is 0.0364. The molecule has 8 nitrogen and oxygen atoms in total. The molecule has 166 valence electrons. The van der Waals surface area contributed by atoms with E-state index in [1.54, 1.807) is 0 Å². The van der Waals surface area contributed by atoms with Crippen molar-refractivity contribution in [2.75, 3.05) is 18.8 Å². The second-order valence-corrected chi connectivity index (χ2v) is 10.3. The van der Waals surface area contributed by atoms with Crippen molar-refractivity contribution < 1.29 is 17.6 Å². The maximum atomic E-state index is 13.1. The van der Waals surface area contributed by atoms with Gasteiger partial charge in [0.1, 0.15) is 11.5 Å². The van der Waals surface area contributed by atoms with Gasteiger partial charge in [-0.05, 0) is 43.9 Å². The van der Waals surface area contributed by atoms with Crippen LogP contribution in [0, 0.1) is 5.82 Å². The predicted octanol–water partition coefficient (Wildman–Crippen LogP) is 2.74. The Hall–Kier alpha value is -2.30. The van der Waals surface area contributed by atoms with Gasteiger partial charge in [0.15, 0.2) is 11.0 Å². The average molecular weight is 468 g/mol. The highest BCUT2D eigenvalue weighted by molar-refractivity contribution is 7.89. The molecule has 1 aliphatic carbocycles. The number of rotatable bonds is 7. The highest BCUT2D eigenvalue weighted by atomic mass is 35.5. The fourth-order valence-corrected chi connectivity index (χ4v) is 5.24. The number of imidazole rings is 1. The first kappa shape index (κ1) is 21.9. The van der Waals surface area contributed by atoms with E-state index in [0.29, 0.717) is 30.2 Å². The monoisotopic (exact) mass is 467 g/mol. The number of sulfonamides is 1. The minimum Gasteiger partial charge on any atom is -0.353 e. The number of carbonyl (C=O) groups excluding carboxylic acids is 1. The highest BCUT2D eigenvalue weighted by Crippen LogP contribution is 2.33. The van der Waals surface area contributed by atoms with Gasteiger partial charge in [-0.3, -0.25) is 4.79 Å². The van der Waals surface area contributed by atoms with E-state index in [0.717, 1.165) is 30.2 Å². The van der Waals surface area contributed by atoms with Crippen LogP contribution in [-0.2, 0) is 14.8 Å². The largest absolute Gasteiger partial charge is 0.353 e. The first-order valence-corrected chi connectivity index (χ1v) is 12.1. The summed E-state index contributed by atoms with van der Waals surface area (Å²) < 4.78 is 39.9. The molecule has 0 aromatic carbocycles. The number of aromatic amines is 1. The Morgan fingerprint density at radius 1 is 1.39 bits per heavy atom. The SMILES string of the molecule is CC1=C(c2[nH]c(-c3ccc(F)cn3)nc2Cl)CCN(S(=O)(=O)CCC(=O)NC2CC2)C1. The predicted molar refractivity (Wildman–Crippen MR) is 115 cm³/mol. The molecule has 0 atom stereocenters. The molecule has 0 saturated heterocycles. The van der Waals surface area contributed by atoms with E-state index in [2.05, 4.69) is 20.3 Å². The molecule has 0 radical (unpaired) electrons. The highest BCUT2D eigenvalue weighted by Gasteiger charge is 2.30. The summed E-state index contributed by atoms with van der Waals surface area (Å²) in [5, 5.41) is 3.06. The summed E-state index contributed by atoms with van der Waals surface area (Å²) in [5.41, 5.74) is 2.81. The van der Waals surface area contributed by atoms with E-state index >= 15 is 0 Å². The van der Waals surface area contributed by atoms with E-state index in [-0.39, 0.29) is 35.8 Å². The number of halogens is 2. The maximum absolute atomic E-state index is 13.1. The Balaban J connectivity index is 1.46. The normalized spacial score (nSPS) is 17.8. The van der Waals surface area contributed by atoms with Gasteiger partial charge in [0.2, 0.25) is 15.9 Å². The third-order valence-corrected chi connectivity index (χ3v) is 7.49. The summed E-state index contributed by atoms with van der Waals surface area (Å²) in [5.74, 6) is -0.461. The summed E-state index contributed by atoms with van der Waals surface area (Å²) in [6.45, 7) is 2.37. The first-order valence-electron chi connectivity index (χ1n) is 10.1. The van der Waals surface area contributed by atoms with Crippen molar-refractivity contribution in [3.63, 3.8) is 0 Å². The topological polar surface area (TPSA) is 108 Å². The van der Waals surface area contributed by atoms with Crippen molar-refractivity contribution in [2.45, 2.75) is 38.6 Å². The minimum atomic E-state index is -3.55. The van der Waals surface area contributed by atoms with Crippen LogP contribution in [0.2, 0.25) is 5.15 Å². The van der Waals surface area contributed by atoms with Crippen molar-refractivity contribution in [1.82, 2.24) is 24.6 Å². The van der Waals surface area contributed by atoms with Crippen molar-refractivity contribution in [3.8, 4) is 11.5 Å². The lowest BCUT2D eigenvalue weighted by molar-refractivity contribution is -0.120. The lowest BCUT2D eigenvalue weighted by Crippen LogP contribution is -2.39. The molecule has 4 rings (SSSR count). The number of hydrogen-bond donors (Lipinski definition) is 2. The first-order chi connectivity index (χ1) is 14.7. The number of pyridine rings is 1. The van der Waals surface area contributed by atoms with Gasteiger partial charge in [-0.2, -0.15) is 4.31 Å². The van der Waals surface area contributed by atoms with Crippen LogP contribution in [0.3, 0.4) is 0 Å². The molecule has 2 aromatic heterocycles. The van der Waals surface area contributed by atoms with Crippen molar-refractivity contribution >= 4 is 33.1 Å². The van der Waals surface area contributed by atoms with Crippen molar-refractivity contribution in [1.29, 1.82) is 0 Å². The molecule has 1 saturated carbocycles. The number of hydrogen-bond acceptors (Lipinski definition) is 5. The number of carbonyl (C=O) groups is 1. The van der Waals surface area contributed by atoms with Crippen LogP contribution in [0.15, 0.2) is 23.9 Å². The molecular formula is C20H23ClFN5O3S. The van der Waals surface area contributed by atoms with Gasteiger partial charge in [-0.25, -0.2) is 22.8 Å². The van der Waals surface area contributed by atoms with Crippen LogP contribution in [0.4, 0.5) is 4.39 Å². The van der Waals surface area contributed by atoms with Gasteiger partial charge < -0.3 is 10.3 Å². The zero-order valence-electron chi connectivity index (χ0n) is 17.0. The van der Waals surface area contributed by atoms with E-state index in [9.17, 15) is 17.6 Å². The lowest BCUT2D eigenvalue weighted by atomic mass is 10.0. The molecule has 0 unspecified atom stereocenters. The molecule has 1 aliphatic heterocycles. The van der Waals surface area contributed by atoms with Crippen LogP contribution in [0.5, 0.6) is 0 Å². The van der Waals surface area contributed by atoms with Crippen LogP contribution in [0.1, 0.15) is 38.3 Å². The zero-order chi connectivity index (χ0) is 22.2. The summed E-state index contributed by atoms with van der Waals surface area (Å²) in [6, 6.07) is 3.01. The summed E-state index contributed by atoms with van der Waals surface area (Å²) in [7, 11) is -3.55. The molecule has 2 aliphatic rings. The van der Waals surface area contributed by atoms with Crippen LogP contribution < -0.4 is 5.32 Å². The van der Waals surface area contributed by atoms with Gasteiger partial charge >= 0.3 is 0 Å². The van der Waals surface area contributed by atoms with E-state index in [1.807, 2.05) is 6.92 Å². The molecule has 2 aromatic rings. The zero-order valence-corrected chi connectivity index (χ0v) is 18.6. The Morgan fingerprint density at radius 2 is 2.16 bits per heavy atom. The van der Waals surface area contributed by atoms with E-state index < -0.39 is 15.8 Å². The smallest absolute Gasteiger partial charge is 0.221 e. The van der Waals surface area contributed by atoms with Crippen LogP contribution >= 0.6 is 11.6 Å². The number of aromatic nitrogens is 3. The molecular weight excluding hydrogens is 445 g/mol. The van der Waals surface area contributed by atoms with Gasteiger partial charge in [0.05, 0.1) is 17.6 Å². The third-order valence-electron chi connectivity index (χ3n) is 5.39. The quantitative estimate of drug-likeness (QED) is 0.651. The standard InChI is InChI=1S/C20H23ClFN5O3S/c1-12-11-27(31(29,30)9-7-17(28)24-14-3-4-14)8-6-15(12)18-19(21)26-20(25-18)16-5-2-13(22)10-23-16/h2,5,10,14H,3-4,6-9,11H2,1H3,(H,24,28)(H,25,26). The maximum Gasteiger partial charge on any atom is 0.221 e. The Morgan fingerprint density at radius 3 is 2.81 bits per heavy atom. The molecule has 0 spiro atoms.